The predicted molar refractivity (Wildman–Crippen MR) is 69.0 cm³/mol. The summed E-state index contributed by atoms with van der Waals surface area (Å²) in [6.45, 7) is 4.17. The van der Waals surface area contributed by atoms with Crippen LogP contribution in [0.1, 0.15) is 23.1 Å². The van der Waals surface area contributed by atoms with Gasteiger partial charge in [0, 0.05) is 4.83 Å². The molecule has 88 valence electrons. The number of rotatable bonds is 4. The number of ether oxygens (including phenoxy) is 1. The van der Waals surface area contributed by atoms with Gasteiger partial charge in [-0.1, -0.05) is 39.7 Å². The molecule has 0 aromatic heterocycles. The average Bonchev–Trinajstić information content (AvgIpc) is 2.23. The van der Waals surface area contributed by atoms with Crippen LogP contribution in [0.25, 0.3) is 0 Å². The van der Waals surface area contributed by atoms with Gasteiger partial charge < -0.3 is 4.74 Å². The summed E-state index contributed by atoms with van der Waals surface area (Å²) in [5.74, 6) is -0.174. The summed E-state index contributed by atoms with van der Waals surface area (Å²) in [5.41, 5.74) is 3.80. The predicted octanol–water partition coefficient (Wildman–Crippen LogP) is 3.17. The molecule has 2 nitrogen and oxygen atoms in total. The molecule has 1 aromatic rings. The molecule has 0 fully saturated rings. The molecule has 0 N–H and O–H groups in total. The Kier molecular flexibility index (Phi) is 5.00. The van der Waals surface area contributed by atoms with E-state index in [4.69, 9.17) is 0 Å². The fraction of sp³-hybridized carbons (Fsp3) is 0.462. The number of benzene rings is 1. The maximum Gasteiger partial charge on any atom is 0.306 e. The topological polar surface area (TPSA) is 26.3 Å². The fourth-order valence-electron chi connectivity index (χ4n) is 1.60. The molecular formula is C13H17BrO2. The minimum atomic E-state index is -0.174. The molecular weight excluding hydrogens is 268 g/mol. The van der Waals surface area contributed by atoms with E-state index in [9.17, 15) is 4.79 Å². The third-order valence-electron chi connectivity index (χ3n) is 2.56. The van der Waals surface area contributed by atoms with E-state index in [-0.39, 0.29) is 10.8 Å². The number of hydrogen-bond donors (Lipinski definition) is 0. The van der Waals surface area contributed by atoms with Crippen molar-refractivity contribution in [2.24, 2.45) is 0 Å². The number of esters is 1. The minimum absolute atomic E-state index is 0.139. The van der Waals surface area contributed by atoms with Gasteiger partial charge in [-0.25, -0.2) is 0 Å². The Morgan fingerprint density at radius 3 is 2.75 bits per heavy atom. The zero-order valence-electron chi connectivity index (χ0n) is 9.92. The monoisotopic (exact) mass is 284 g/mol. The van der Waals surface area contributed by atoms with Crippen LogP contribution in [0, 0.1) is 13.8 Å². The fourth-order valence-corrected chi connectivity index (χ4v) is 2.21. The summed E-state index contributed by atoms with van der Waals surface area (Å²) in [7, 11) is 1.42. The molecule has 0 amide bonds. The number of alkyl halides is 1. The zero-order chi connectivity index (χ0) is 12.1. The van der Waals surface area contributed by atoms with Crippen LogP contribution in [-0.2, 0) is 16.0 Å². The van der Waals surface area contributed by atoms with Gasteiger partial charge in [-0.3, -0.25) is 4.79 Å². The lowest BCUT2D eigenvalue weighted by Gasteiger charge is -2.11. The summed E-state index contributed by atoms with van der Waals surface area (Å²) >= 11 is 3.51. The standard InChI is InChI=1S/C13H17BrO2/c1-9-4-5-10(2)11(6-9)7-12(14)8-13(15)16-3/h4-6,12H,7-8H2,1-3H3. The lowest BCUT2D eigenvalue weighted by molar-refractivity contribution is -0.140. The van der Waals surface area contributed by atoms with Crippen LogP contribution in [0.4, 0.5) is 0 Å². The highest BCUT2D eigenvalue weighted by Gasteiger charge is 2.12. The molecule has 0 saturated carbocycles. The zero-order valence-corrected chi connectivity index (χ0v) is 11.5. The Morgan fingerprint density at radius 2 is 2.12 bits per heavy atom. The van der Waals surface area contributed by atoms with Gasteiger partial charge in [-0.2, -0.15) is 0 Å². The van der Waals surface area contributed by atoms with Gasteiger partial charge in [0.05, 0.1) is 13.5 Å². The number of hydrogen-bond acceptors (Lipinski definition) is 2. The second-order valence-corrected chi connectivity index (χ2v) is 5.31. The summed E-state index contributed by atoms with van der Waals surface area (Å²) in [4.78, 5) is 11.3. The molecule has 0 spiro atoms. The molecule has 0 aliphatic carbocycles. The molecule has 16 heavy (non-hydrogen) atoms. The maximum atomic E-state index is 11.1. The smallest absolute Gasteiger partial charge is 0.306 e. The number of carbonyl (C=O) groups excluding carboxylic acids is 1. The Balaban J connectivity index is 2.65. The van der Waals surface area contributed by atoms with E-state index in [1.807, 2.05) is 0 Å². The van der Waals surface area contributed by atoms with Crippen molar-refractivity contribution in [2.45, 2.75) is 31.5 Å². The van der Waals surface area contributed by atoms with Gasteiger partial charge >= 0.3 is 5.97 Å². The average molecular weight is 285 g/mol. The van der Waals surface area contributed by atoms with Crippen LogP contribution in [0.2, 0.25) is 0 Å². The van der Waals surface area contributed by atoms with E-state index in [0.717, 1.165) is 6.42 Å². The molecule has 3 heteroatoms. The first-order chi connectivity index (χ1) is 7.52. The maximum absolute atomic E-state index is 11.1. The molecule has 1 atom stereocenters. The van der Waals surface area contributed by atoms with Crippen LogP contribution in [0.3, 0.4) is 0 Å². The molecule has 1 rings (SSSR count). The van der Waals surface area contributed by atoms with Gasteiger partial charge in [-0.15, -0.1) is 0 Å². The summed E-state index contributed by atoms with van der Waals surface area (Å²) < 4.78 is 4.64. The number of halogens is 1. The number of carbonyl (C=O) groups is 1. The Bertz CT molecular complexity index is 374. The summed E-state index contributed by atoms with van der Waals surface area (Å²) in [6, 6.07) is 6.38. The Morgan fingerprint density at radius 1 is 1.44 bits per heavy atom. The molecule has 1 unspecified atom stereocenters. The first-order valence-electron chi connectivity index (χ1n) is 5.30. The number of methoxy groups -OCH3 is 1. The molecule has 1 aromatic carbocycles. The van der Waals surface area contributed by atoms with E-state index in [1.54, 1.807) is 0 Å². The molecule has 0 radical (unpaired) electrons. The lowest BCUT2D eigenvalue weighted by atomic mass is 10.0. The van der Waals surface area contributed by atoms with Crippen molar-refractivity contribution in [1.29, 1.82) is 0 Å². The van der Waals surface area contributed by atoms with E-state index in [1.165, 1.54) is 23.8 Å². The van der Waals surface area contributed by atoms with Crippen molar-refractivity contribution in [3.63, 3.8) is 0 Å². The van der Waals surface area contributed by atoms with Crippen molar-refractivity contribution < 1.29 is 9.53 Å². The van der Waals surface area contributed by atoms with Gasteiger partial charge in [0.15, 0.2) is 0 Å². The molecule has 0 aliphatic rings. The van der Waals surface area contributed by atoms with E-state index in [2.05, 4.69) is 52.7 Å². The SMILES string of the molecule is COC(=O)CC(Br)Cc1cc(C)ccc1C. The molecule has 0 heterocycles. The van der Waals surface area contributed by atoms with Crippen LogP contribution in [-0.4, -0.2) is 17.9 Å². The van der Waals surface area contributed by atoms with Crippen LogP contribution < -0.4 is 0 Å². The first-order valence-corrected chi connectivity index (χ1v) is 6.21. The number of aryl methyl sites for hydroxylation is 2. The van der Waals surface area contributed by atoms with E-state index < -0.39 is 0 Å². The van der Waals surface area contributed by atoms with Crippen molar-refractivity contribution in [3.05, 3.63) is 34.9 Å². The normalized spacial score (nSPS) is 12.2. The van der Waals surface area contributed by atoms with Crippen molar-refractivity contribution in [1.82, 2.24) is 0 Å². The quantitative estimate of drug-likeness (QED) is 0.627. The van der Waals surface area contributed by atoms with Gasteiger partial charge in [0.25, 0.3) is 0 Å². The van der Waals surface area contributed by atoms with E-state index >= 15 is 0 Å². The summed E-state index contributed by atoms with van der Waals surface area (Å²) in [5, 5.41) is 0. The third kappa shape index (κ3) is 3.97. The van der Waals surface area contributed by atoms with E-state index in [0.29, 0.717) is 6.42 Å². The molecule has 0 aliphatic heterocycles. The van der Waals surface area contributed by atoms with Gasteiger partial charge in [0.2, 0.25) is 0 Å². The Labute approximate surface area is 105 Å². The van der Waals surface area contributed by atoms with Crippen LogP contribution in [0.5, 0.6) is 0 Å². The van der Waals surface area contributed by atoms with Gasteiger partial charge in [0.1, 0.15) is 0 Å². The van der Waals surface area contributed by atoms with Gasteiger partial charge in [-0.05, 0) is 31.4 Å². The van der Waals surface area contributed by atoms with Crippen molar-refractivity contribution in [3.8, 4) is 0 Å². The molecule has 0 saturated heterocycles. The van der Waals surface area contributed by atoms with Crippen LogP contribution in [0.15, 0.2) is 18.2 Å². The largest absolute Gasteiger partial charge is 0.469 e. The third-order valence-corrected chi connectivity index (χ3v) is 3.21. The van der Waals surface area contributed by atoms with Crippen molar-refractivity contribution >= 4 is 21.9 Å². The Hall–Kier alpha value is -0.830. The second kappa shape index (κ2) is 6.04. The highest BCUT2D eigenvalue weighted by atomic mass is 79.9. The highest BCUT2D eigenvalue weighted by Crippen LogP contribution is 2.18. The minimum Gasteiger partial charge on any atom is -0.469 e. The summed E-state index contributed by atoms with van der Waals surface area (Å²) in [6.07, 6.45) is 1.26. The highest BCUT2D eigenvalue weighted by molar-refractivity contribution is 9.09. The second-order valence-electron chi connectivity index (χ2n) is 4.01. The molecule has 0 bridgehead atoms. The first kappa shape index (κ1) is 13.2. The van der Waals surface area contributed by atoms with Crippen molar-refractivity contribution in [2.75, 3.05) is 7.11 Å². The van der Waals surface area contributed by atoms with Crippen LogP contribution >= 0.6 is 15.9 Å². The lowest BCUT2D eigenvalue weighted by Crippen LogP contribution is -2.12.